The monoisotopic (exact) mass is 450 g/mol. The number of benzene rings is 2. The summed E-state index contributed by atoms with van der Waals surface area (Å²) in [4.78, 5) is 27.0. The lowest BCUT2D eigenvalue weighted by molar-refractivity contribution is -0.128. The molecular formula is C25H26N2O4S. The highest BCUT2D eigenvalue weighted by molar-refractivity contribution is 8.00. The molecule has 0 aliphatic carbocycles. The molecule has 3 aromatic rings. The molecule has 1 N–H and O–H groups in total. The molecule has 0 unspecified atom stereocenters. The van der Waals surface area contributed by atoms with Crippen LogP contribution in [0, 0.1) is 0 Å². The van der Waals surface area contributed by atoms with E-state index in [0.717, 1.165) is 29.1 Å². The smallest absolute Gasteiger partial charge is 0.251 e. The van der Waals surface area contributed by atoms with E-state index in [1.807, 2.05) is 72.5 Å². The van der Waals surface area contributed by atoms with Crippen molar-refractivity contribution < 1.29 is 18.7 Å². The maximum atomic E-state index is 12.9. The van der Waals surface area contributed by atoms with Crippen molar-refractivity contribution in [2.75, 3.05) is 12.9 Å². The van der Waals surface area contributed by atoms with Crippen molar-refractivity contribution in [1.29, 1.82) is 0 Å². The van der Waals surface area contributed by atoms with Gasteiger partial charge >= 0.3 is 0 Å². The van der Waals surface area contributed by atoms with Crippen LogP contribution in [0.4, 0.5) is 0 Å². The molecule has 6 nitrogen and oxygen atoms in total. The molecule has 1 aliphatic heterocycles. The maximum Gasteiger partial charge on any atom is 0.251 e. The highest BCUT2D eigenvalue weighted by atomic mass is 32.2. The van der Waals surface area contributed by atoms with Gasteiger partial charge in [0.15, 0.2) is 0 Å². The zero-order valence-corrected chi connectivity index (χ0v) is 18.9. The molecule has 0 bridgehead atoms. The molecule has 1 saturated heterocycles. The van der Waals surface area contributed by atoms with E-state index in [-0.39, 0.29) is 23.2 Å². The van der Waals surface area contributed by atoms with Gasteiger partial charge in [0.05, 0.1) is 31.7 Å². The summed E-state index contributed by atoms with van der Waals surface area (Å²) < 4.78 is 10.6. The molecule has 2 aromatic carbocycles. The Hall–Kier alpha value is -3.19. The Morgan fingerprint density at radius 1 is 1.19 bits per heavy atom. The Kier molecular flexibility index (Phi) is 6.85. The fraction of sp³-hybridized carbons (Fsp3) is 0.280. The highest BCUT2D eigenvalue weighted by Crippen LogP contribution is 2.39. The van der Waals surface area contributed by atoms with Crippen molar-refractivity contribution in [2.45, 2.75) is 31.3 Å². The number of hydrogen-bond acceptors (Lipinski definition) is 5. The van der Waals surface area contributed by atoms with Crippen LogP contribution in [-0.4, -0.2) is 29.6 Å². The summed E-state index contributed by atoms with van der Waals surface area (Å²) in [5.74, 6) is 1.94. The molecule has 0 radical (unpaired) electrons. The van der Waals surface area contributed by atoms with Crippen LogP contribution in [-0.2, 0) is 11.3 Å². The van der Waals surface area contributed by atoms with Gasteiger partial charge in [0.2, 0.25) is 5.91 Å². The summed E-state index contributed by atoms with van der Waals surface area (Å²) in [5.41, 5.74) is 2.62. The van der Waals surface area contributed by atoms with Gasteiger partial charge in [0.1, 0.15) is 16.9 Å². The van der Waals surface area contributed by atoms with Gasteiger partial charge in [-0.25, -0.2) is 0 Å². The van der Waals surface area contributed by atoms with E-state index in [0.29, 0.717) is 17.9 Å². The van der Waals surface area contributed by atoms with Crippen LogP contribution in [0.5, 0.6) is 5.75 Å². The summed E-state index contributed by atoms with van der Waals surface area (Å²) in [6.07, 6.45) is 2.39. The third kappa shape index (κ3) is 4.83. The van der Waals surface area contributed by atoms with Crippen LogP contribution in [0.3, 0.4) is 0 Å². The first-order valence-corrected chi connectivity index (χ1v) is 11.6. The molecule has 2 heterocycles. The Morgan fingerprint density at radius 2 is 1.94 bits per heavy atom. The lowest BCUT2D eigenvalue weighted by Crippen LogP contribution is -2.28. The minimum atomic E-state index is -0.123. The second kappa shape index (κ2) is 9.96. The molecular weight excluding hydrogens is 424 g/mol. The number of methoxy groups -OCH3 is 1. The minimum absolute atomic E-state index is 0.0834. The highest BCUT2D eigenvalue weighted by Gasteiger charge is 2.33. The Balaban J connectivity index is 1.44. The van der Waals surface area contributed by atoms with Gasteiger partial charge in [-0.1, -0.05) is 31.2 Å². The second-order valence-corrected chi connectivity index (χ2v) is 8.66. The topological polar surface area (TPSA) is 71.8 Å². The summed E-state index contributed by atoms with van der Waals surface area (Å²) >= 11 is 1.59. The molecule has 166 valence electrons. The first kappa shape index (κ1) is 22.0. The van der Waals surface area contributed by atoms with Gasteiger partial charge in [0.25, 0.3) is 5.91 Å². The van der Waals surface area contributed by atoms with Crippen LogP contribution >= 0.6 is 11.8 Å². The van der Waals surface area contributed by atoms with Crippen molar-refractivity contribution in [3.05, 3.63) is 89.4 Å². The fourth-order valence-corrected chi connectivity index (χ4v) is 4.96. The van der Waals surface area contributed by atoms with E-state index >= 15 is 0 Å². The number of nitrogens with zero attached hydrogens (tertiary/aromatic N) is 1. The normalized spacial score (nSPS) is 16.8. The number of furan rings is 1. The molecule has 0 spiro atoms. The summed E-state index contributed by atoms with van der Waals surface area (Å²) in [7, 11) is 1.63. The minimum Gasteiger partial charge on any atom is -0.497 e. The average molecular weight is 451 g/mol. The molecule has 32 heavy (non-hydrogen) atoms. The summed E-state index contributed by atoms with van der Waals surface area (Å²) in [6, 6.07) is 18.8. The van der Waals surface area contributed by atoms with Gasteiger partial charge in [-0.2, -0.15) is 0 Å². The van der Waals surface area contributed by atoms with Crippen molar-refractivity contribution in [3.63, 3.8) is 0 Å². The largest absolute Gasteiger partial charge is 0.497 e. The number of rotatable bonds is 8. The maximum absolute atomic E-state index is 12.9. The Labute approximate surface area is 191 Å². The van der Waals surface area contributed by atoms with E-state index < -0.39 is 0 Å². The number of amides is 2. The Bertz CT molecular complexity index is 1050. The predicted molar refractivity (Wildman–Crippen MR) is 124 cm³/mol. The van der Waals surface area contributed by atoms with Crippen LogP contribution < -0.4 is 10.1 Å². The molecule has 2 atom stereocenters. The SMILES string of the molecule is CC[C@@H](NC(=O)c1ccc([C@H]2SCC(=O)N2Cc2ccco2)cc1)c1ccc(OC)cc1. The first-order chi connectivity index (χ1) is 15.6. The van der Waals surface area contributed by atoms with E-state index in [9.17, 15) is 9.59 Å². The Morgan fingerprint density at radius 3 is 2.56 bits per heavy atom. The van der Waals surface area contributed by atoms with Crippen molar-refractivity contribution in [3.8, 4) is 5.75 Å². The standard InChI is InChI=1S/C25H26N2O4S/c1-3-22(17-10-12-20(30-2)13-11-17)26-24(29)18-6-8-19(9-7-18)25-27(23(28)16-32-25)15-21-5-4-14-31-21/h4-14,22,25H,3,15-16H2,1-2H3,(H,26,29)/t22-,25-/m1/s1. The van der Waals surface area contributed by atoms with Crippen molar-refractivity contribution >= 4 is 23.6 Å². The lowest BCUT2D eigenvalue weighted by Gasteiger charge is -2.23. The lowest BCUT2D eigenvalue weighted by atomic mass is 10.0. The number of ether oxygens (including phenoxy) is 1. The quantitative estimate of drug-likeness (QED) is 0.526. The third-order valence-electron chi connectivity index (χ3n) is 5.56. The van der Waals surface area contributed by atoms with Gasteiger partial charge in [0, 0.05) is 5.56 Å². The zero-order valence-electron chi connectivity index (χ0n) is 18.1. The summed E-state index contributed by atoms with van der Waals surface area (Å²) in [5, 5.41) is 3.02. The number of hydrogen-bond donors (Lipinski definition) is 1. The number of nitrogens with one attached hydrogen (secondary N) is 1. The van der Waals surface area contributed by atoms with Crippen LogP contribution in [0.25, 0.3) is 0 Å². The van der Waals surface area contributed by atoms with Gasteiger partial charge in [-0.05, 0) is 53.9 Å². The molecule has 1 fully saturated rings. The molecule has 7 heteroatoms. The van der Waals surface area contributed by atoms with E-state index in [4.69, 9.17) is 9.15 Å². The number of carbonyl (C=O) groups excluding carboxylic acids is 2. The third-order valence-corrected chi connectivity index (χ3v) is 6.82. The van der Waals surface area contributed by atoms with Gasteiger partial charge in [-0.3, -0.25) is 9.59 Å². The number of thioether (sulfide) groups is 1. The molecule has 4 rings (SSSR count). The number of carbonyl (C=O) groups is 2. The molecule has 1 aromatic heterocycles. The molecule has 1 aliphatic rings. The van der Waals surface area contributed by atoms with Crippen molar-refractivity contribution in [1.82, 2.24) is 10.2 Å². The second-order valence-electron chi connectivity index (χ2n) is 7.59. The van der Waals surface area contributed by atoms with Gasteiger partial charge in [-0.15, -0.1) is 11.8 Å². The predicted octanol–water partition coefficient (Wildman–Crippen LogP) is 4.94. The summed E-state index contributed by atoms with van der Waals surface area (Å²) in [6.45, 7) is 2.48. The van der Waals surface area contributed by atoms with E-state index in [1.165, 1.54) is 0 Å². The first-order valence-electron chi connectivity index (χ1n) is 10.6. The zero-order chi connectivity index (χ0) is 22.5. The van der Waals surface area contributed by atoms with Crippen LogP contribution in [0.2, 0.25) is 0 Å². The molecule has 2 amide bonds. The van der Waals surface area contributed by atoms with Crippen molar-refractivity contribution in [2.24, 2.45) is 0 Å². The van der Waals surface area contributed by atoms with Crippen LogP contribution in [0.1, 0.15) is 52.0 Å². The average Bonchev–Trinajstić information content (AvgIpc) is 3.48. The van der Waals surface area contributed by atoms with Crippen LogP contribution in [0.15, 0.2) is 71.3 Å². The van der Waals surface area contributed by atoms with E-state index in [1.54, 1.807) is 25.1 Å². The van der Waals surface area contributed by atoms with Gasteiger partial charge < -0.3 is 19.4 Å². The fourth-order valence-electron chi connectivity index (χ4n) is 3.77. The van der Waals surface area contributed by atoms with E-state index in [2.05, 4.69) is 5.32 Å². The molecule has 0 saturated carbocycles.